The van der Waals surface area contributed by atoms with Crippen LogP contribution in [0.2, 0.25) is 5.02 Å². The fourth-order valence-electron chi connectivity index (χ4n) is 3.21. The molecule has 0 unspecified atom stereocenters. The topological polar surface area (TPSA) is 59.2 Å². The zero-order valence-corrected chi connectivity index (χ0v) is 17.6. The number of halogens is 1. The molecule has 0 saturated carbocycles. The van der Waals surface area contributed by atoms with Gasteiger partial charge < -0.3 is 19.8 Å². The van der Waals surface area contributed by atoms with Gasteiger partial charge in [0.15, 0.2) is 11.5 Å². The average Bonchev–Trinajstić information content (AvgIpc) is 3.17. The number of ether oxygens (including phenoxy) is 2. The minimum atomic E-state index is 0.459. The van der Waals surface area contributed by atoms with Crippen molar-refractivity contribution in [1.82, 2.24) is 15.3 Å². The molecule has 1 aromatic heterocycles. The number of nitrogens with one attached hydrogen (secondary N) is 2. The molecule has 30 heavy (non-hydrogen) atoms. The summed E-state index contributed by atoms with van der Waals surface area (Å²) < 4.78 is 11.8. The van der Waals surface area contributed by atoms with Crippen molar-refractivity contribution >= 4 is 22.6 Å². The van der Waals surface area contributed by atoms with E-state index in [-0.39, 0.29) is 0 Å². The van der Waals surface area contributed by atoms with Gasteiger partial charge in [-0.3, -0.25) is 0 Å². The lowest BCUT2D eigenvalue weighted by Crippen LogP contribution is -2.14. The van der Waals surface area contributed by atoms with Gasteiger partial charge in [-0.25, -0.2) is 4.98 Å². The van der Waals surface area contributed by atoms with Gasteiger partial charge in [0.2, 0.25) is 0 Å². The number of nitrogens with zero attached hydrogens (tertiary/aromatic N) is 1. The SMILES string of the molecule is CCOc1cc(CNCc2nc3ccccc3[nH]2)ccc1OCc1ccc(Cl)cc1. The van der Waals surface area contributed by atoms with E-state index in [1.807, 2.05) is 73.7 Å². The molecule has 1 heterocycles. The van der Waals surface area contributed by atoms with Crippen molar-refractivity contribution in [3.8, 4) is 11.5 Å². The number of aromatic nitrogens is 2. The van der Waals surface area contributed by atoms with E-state index >= 15 is 0 Å². The van der Waals surface area contributed by atoms with Crippen LogP contribution in [-0.2, 0) is 19.7 Å². The second-order valence-corrected chi connectivity index (χ2v) is 7.37. The number of aromatic amines is 1. The van der Waals surface area contributed by atoms with E-state index in [2.05, 4.69) is 15.3 Å². The van der Waals surface area contributed by atoms with Crippen molar-refractivity contribution in [2.75, 3.05) is 6.61 Å². The largest absolute Gasteiger partial charge is 0.490 e. The number of hydrogen-bond donors (Lipinski definition) is 2. The number of para-hydroxylation sites is 2. The van der Waals surface area contributed by atoms with Crippen molar-refractivity contribution in [1.29, 1.82) is 0 Å². The molecule has 0 amide bonds. The van der Waals surface area contributed by atoms with Crippen LogP contribution >= 0.6 is 11.6 Å². The van der Waals surface area contributed by atoms with Crippen molar-refractivity contribution in [3.63, 3.8) is 0 Å². The van der Waals surface area contributed by atoms with E-state index in [9.17, 15) is 0 Å². The number of H-pyrrole nitrogens is 1. The molecule has 154 valence electrons. The predicted octanol–water partition coefficient (Wildman–Crippen LogP) is 5.48. The number of hydrogen-bond acceptors (Lipinski definition) is 4. The first-order valence-corrected chi connectivity index (χ1v) is 10.4. The Balaban J connectivity index is 1.37. The standard InChI is InChI=1S/C24H24ClN3O2/c1-2-29-23-13-18(9-12-22(23)30-16-17-7-10-19(25)11-8-17)14-26-15-24-27-20-5-3-4-6-21(20)28-24/h3-13,26H,2,14-16H2,1H3,(H,27,28). The average molecular weight is 422 g/mol. The van der Waals surface area contributed by atoms with E-state index in [1.54, 1.807) is 0 Å². The zero-order chi connectivity index (χ0) is 20.8. The number of imidazole rings is 1. The highest BCUT2D eigenvalue weighted by atomic mass is 35.5. The highest BCUT2D eigenvalue weighted by Gasteiger charge is 2.08. The Kier molecular flexibility index (Phi) is 6.52. The van der Waals surface area contributed by atoms with Gasteiger partial charge in [-0.1, -0.05) is 41.9 Å². The third-order valence-electron chi connectivity index (χ3n) is 4.68. The van der Waals surface area contributed by atoms with E-state index in [0.717, 1.165) is 39.5 Å². The Morgan fingerprint density at radius 1 is 0.900 bits per heavy atom. The molecule has 4 rings (SSSR count). The van der Waals surface area contributed by atoms with E-state index in [4.69, 9.17) is 21.1 Å². The molecule has 0 aliphatic carbocycles. The van der Waals surface area contributed by atoms with Gasteiger partial charge in [-0.05, 0) is 54.4 Å². The maximum atomic E-state index is 5.97. The maximum absolute atomic E-state index is 5.97. The molecular weight excluding hydrogens is 398 g/mol. The van der Waals surface area contributed by atoms with E-state index < -0.39 is 0 Å². The van der Waals surface area contributed by atoms with Crippen LogP contribution in [0.5, 0.6) is 11.5 Å². The molecule has 0 bridgehead atoms. The van der Waals surface area contributed by atoms with Gasteiger partial charge in [0.05, 0.1) is 24.2 Å². The van der Waals surface area contributed by atoms with Gasteiger partial charge >= 0.3 is 0 Å². The molecule has 0 saturated heterocycles. The summed E-state index contributed by atoms with van der Waals surface area (Å²) in [5, 5.41) is 4.14. The molecule has 0 aliphatic heterocycles. The Labute approximate surface area is 181 Å². The van der Waals surface area contributed by atoms with Crippen molar-refractivity contribution < 1.29 is 9.47 Å². The first-order chi connectivity index (χ1) is 14.7. The van der Waals surface area contributed by atoms with Gasteiger partial charge in [-0.15, -0.1) is 0 Å². The smallest absolute Gasteiger partial charge is 0.161 e. The van der Waals surface area contributed by atoms with Crippen LogP contribution in [0, 0.1) is 0 Å². The van der Waals surface area contributed by atoms with Gasteiger partial charge in [-0.2, -0.15) is 0 Å². The normalized spacial score (nSPS) is 11.0. The number of rotatable bonds is 9. The maximum Gasteiger partial charge on any atom is 0.161 e. The lowest BCUT2D eigenvalue weighted by molar-refractivity contribution is 0.269. The Morgan fingerprint density at radius 3 is 2.50 bits per heavy atom. The second kappa shape index (κ2) is 9.65. The molecule has 0 aliphatic rings. The lowest BCUT2D eigenvalue weighted by atomic mass is 10.2. The Hall–Kier alpha value is -3.02. The van der Waals surface area contributed by atoms with E-state index in [0.29, 0.717) is 31.3 Å². The van der Waals surface area contributed by atoms with Crippen LogP contribution in [0.1, 0.15) is 23.9 Å². The highest BCUT2D eigenvalue weighted by Crippen LogP contribution is 2.29. The predicted molar refractivity (Wildman–Crippen MR) is 120 cm³/mol. The fourth-order valence-corrected chi connectivity index (χ4v) is 3.33. The molecular formula is C24H24ClN3O2. The summed E-state index contributed by atoms with van der Waals surface area (Å²) in [6, 6.07) is 21.7. The first kappa shape index (κ1) is 20.3. The van der Waals surface area contributed by atoms with Crippen LogP contribution in [-0.4, -0.2) is 16.6 Å². The fraction of sp³-hybridized carbons (Fsp3) is 0.208. The zero-order valence-electron chi connectivity index (χ0n) is 16.8. The molecule has 5 nitrogen and oxygen atoms in total. The molecule has 0 spiro atoms. The Bertz CT molecular complexity index is 1080. The molecule has 0 radical (unpaired) electrons. The number of benzene rings is 3. The molecule has 0 fully saturated rings. The summed E-state index contributed by atoms with van der Waals surface area (Å²) in [4.78, 5) is 7.92. The van der Waals surface area contributed by atoms with Crippen molar-refractivity contribution in [2.45, 2.75) is 26.6 Å². The van der Waals surface area contributed by atoms with Crippen molar-refractivity contribution in [2.24, 2.45) is 0 Å². The summed E-state index contributed by atoms with van der Waals surface area (Å²) in [5.41, 5.74) is 4.21. The molecule has 4 aromatic rings. The minimum absolute atomic E-state index is 0.459. The van der Waals surface area contributed by atoms with Crippen LogP contribution in [0.15, 0.2) is 66.7 Å². The third-order valence-corrected chi connectivity index (χ3v) is 4.93. The molecule has 6 heteroatoms. The van der Waals surface area contributed by atoms with Crippen LogP contribution in [0.3, 0.4) is 0 Å². The third kappa shape index (κ3) is 5.12. The monoisotopic (exact) mass is 421 g/mol. The van der Waals surface area contributed by atoms with Crippen molar-refractivity contribution in [3.05, 3.63) is 88.7 Å². The summed E-state index contributed by atoms with van der Waals surface area (Å²) >= 11 is 5.94. The van der Waals surface area contributed by atoms with Crippen LogP contribution in [0.4, 0.5) is 0 Å². The van der Waals surface area contributed by atoms with Gasteiger partial charge in [0, 0.05) is 11.6 Å². The van der Waals surface area contributed by atoms with Gasteiger partial charge in [0.25, 0.3) is 0 Å². The quantitative estimate of drug-likeness (QED) is 0.375. The lowest BCUT2D eigenvalue weighted by Gasteiger charge is -2.14. The highest BCUT2D eigenvalue weighted by molar-refractivity contribution is 6.30. The number of fused-ring (bicyclic) bond motifs is 1. The molecule has 2 N–H and O–H groups in total. The van der Waals surface area contributed by atoms with Crippen LogP contribution in [0.25, 0.3) is 11.0 Å². The van der Waals surface area contributed by atoms with Gasteiger partial charge in [0.1, 0.15) is 12.4 Å². The molecule has 0 atom stereocenters. The molecule has 3 aromatic carbocycles. The Morgan fingerprint density at radius 2 is 1.70 bits per heavy atom. The van der Waals surface area contributed by atoms with E-state index in [1.165, 1.54) is 0 Å². The summed E-state index contributed by atoms with van der Waals surface area (Å²) in [6.07, 6.45) is 0. The second-order valence-electron chi connectivity index (χ2n) is 6.93. The first-order valence-electron chi connectivity index (χ1n) is 9.98. The summed E-state index contributed by atoms with van der Waals surface area (Å²) in [7, 11) is 0. The summed E-state index contributed by atoms with van der Waals surface area (Å²) in [6.45, 7) is 4.37. The minimum Gasteiger partial charge on any atom is -0.490 e. The summed E-state index contributed by atoms with van der Waals surface area (Å²) in [5.74, 6) is 2.39. The van der Waals surface area contributed by atoms with Crippen LogP contribution < -0.4 is 14.8 Å².